The lowest BCUT2D eigenvalue weighted by Gasteiger charge is -2.13. The molecule has 0 saturated carbocycles. The van der Waals surface area contributed by atoms with Crippen LogP contribution < -0.4 is 15.4 Å². The molecule has 28 heavy (non-hydrogen) atoms. The van der Waals surface area contributed by atoms with Crippen LogP contribution in [0.2, 0.25) is 0 Å². The fourth-order valence-electron chi connectivity index (χ4n) is 2.47. The summed E-state index contributed by atoms with van der Waals surface area (Å²) in [5.41, 5.74) is -0.787. The molecule has 2 aromatic rings. The molecule has 0 aromatic heterocycles. The maximum atomic E-state index is 13.0. The summed E-state index contributed by atoms with van der Waals surface area (Å²) in [5, 5.41) is 14.1. The van der Waals surface area contributed by atoms with Gasteiger partial charge < -0.3 is 15.4 Å². The molecule has 8 heteroatoms. The number of rotatable bonds is 7. The third-order valence-corrected chi connectivity index (χ3v) is 3.82. The van der Waals surface area contributed by atoms with Gasteiger partial charge in [-0.15, -0.1) is 0 Å². The molecule has 0 bridgehead atoms. The van der Waals surface area contributed by atoms with Crippen LogP contribution in [0.5, 0.6) is 5.75 Å². The van der Waals surface area contributed by atoms with Crippen LogP contribution in [0.4, 0.5) is 18.9 Å². The number of hydrogen-bond acceptors (Lipinski definition) is 4. The number of para-hydroxylation sites is 2. The molecule has 0 aliphatic heterocycles. The zero-order chi connectivity index (χ0) is 20.6. The van der Waals surface area contributed by atoms with Crippen molar-refractivity contribution in [2.45, 2.75) is 12.6 Å². The average molecular weight is 389 g/mol. The number of amides is 1. The highest BCUT2D eigenvalue weighted by molar-refractivity contribution is 6.06. The molecule has 0 aliphatic rings. The summed E-state index contributed by atoms with van der Waals surface area (Å²) in [6.45, 7) is 0.401. The number of anilines is 1. The van der Waals surface area contributed by atoms with Crippen LogP contribution in [-0.2, 0) is 17.4 Å². The second-order valence-electron chi connectivity index (χ2n) is 5.68. The van der Waals surface area contributed by atoms with Crippen LogP contribution in [0, 0.1) is 11.3 Å². The van der Waals surface area contributed by atoms with Crippen LogP contribution in [0.25, 0.3) is 0 Å². The Bertz CT molecular complexity index is 902. The van der Waals surface area contributed by atoms with Gasteiger partial charge in [-0.25, -0.2) is 0 Å². The van der Waals surface area contributed by atoms with E-state index in [2.05, 4.69) is 10.6 Å². The van der Waals surface area contributed by atoms with E-state index in [9.17, 15) is 18.0 Å². The van der Waals surface area contributed by atoms with Crippen molar-refractivity contribution in [1.82, 2.24) is 5.32 Å². The lowest BCUT2D eigenvalue weighted by atomic mass is 10.1. The number of alkyl halides is 3. The summed E-state index contributed by atoms with van der Waals surface area (Å²) >= 11 is 0. The second kappa shape index (κ2) is 9.46. The summed E-state index contributed by atoms with van der Waals surface area (Å²) in [4.78, 5) is 12.2. The number of carbonyl (C=O) groups is 1. The van der Waals surface area contributed by atoms with Gasteiger partial charge in [-0.1, -0.05) is 30.3 Å². The Morgan fingerprint density at radius 3 is 2.54 bits per heavy atom. The Labute approximate surface area is 160 Å². The first-order chi connectivity index (χ1) is 13.4. The molecule has 2 aromatic carbocycles. The van der Waals surface area contributed by atoms with Crippen LogP contribution in [0.1, 0.15) is 11.1 Å². The number of halogens is 3. The van der Waals surface area contributed by atoms with Gasteiger partial charge in [0.2, 0.25) is 0 Å². The number of ether oxygens (including phenoxy) is 1. The summed E-state index contributed by atoms with van der Waals surface area (Å²) in [5.74, 6) is -0.209. The van der Waals surface area contributed by atoms with Crippen molar-refractivity contribution in [2.24, 2.45) is 0 Å². The third kappa shape index (κ3) is 5.51. The highest BCUT2D eigenvalue weighted by Gasteiger charge is 2.33. The SMILES string of the molecule is COc1ccccc1CCN/C=C(/C#N)C(=O)Nc1ccccc1C(F)(F)F. The summed E-state index contributed by atoms with van der Waals surface area (Å²) in [7, 11) is 1.56. The van der Waals surface area contributed by atoms with E-state index < -0.39 is 23.3 Å². The first-order valence-electron chi connectivity index (χ1n) is 8.30. The maximum absolute atomic E-state index is 13.0. The number of carbonyl (C=O) groups excluding carboxylic acids is 1. The molecule has 146 valence electrons. The first kappa shape index (κ1) is 20.8. The zero-order valence-electron chi connectivity index (χ0n) is 15.0. The van der Waals surface area contributed by atoms with Crippen molar-refractivity contribution in [3.63, 3.8) is 0 Å². The van der Waals surface area contributed by atoms with E-state index in [1.54, 1.807) is 13.2 Å². The van der Waals surface area contributed by atoms with Crippen molar-refractivity contribution < 1.29 is 22.7 Å². The van der Waals surface area contributed by atoms with E-state index in [-0.39, 0.29) is 5.57 Å². The van der Waals surface area contributed by atoms with E-state index in [0.717, 1.165) is 23.4 Å². The quantitative estimate of drug-likeness (QED) is 0.428. The number of nitrogens with zero attached hydrogens (tertiary/aromatic N) is 1. The van der Waals surface area contributed by atoms with Crippen molar-refractivity contribution in [3.05, 3.63) is 71.4 Å². The zero-order valence-corrected chi connectivity index (χ0v) is 15.0. The molecule has 0 unspecified atom stereocenters. The minimum atomic E-state index is -4.62. The van der Waals surface area contributed by atoms with Gasteiger partial charge in [0.25, 0.3) is 5.91 Å². The molecule has 0 aliphatic carbocycles. The lowest BCUT2D eigenvalue weighted by Crippen LogP contribution is -2.20. The predicted molar refractivity (Wildman–Crippen MR) is 98.5 cm³/mol. The van der Waals surface area contributed by atoms with Gasteiger partial charge in [-0.2, -0.15) is 18.4 Å². The van der Waals surface area contributed by atoms with Gasteiger partial charge in [-0.3, -0.25) is 4.79 Å². The van der Waals surface area contributed by atoms with Gasteiger partial charge in [0, 0.05) is 12.7 Å². The Kier molecular flexibility index (Phi) is 7.04. The molecular weight excluding hydrogens is 371 g/mol. The Hall–Kier alpha value is -3.47. The van der Waals surface area contributed by atoms with Crippen LogP contribution >= 0.6 is 0 Å². The topological polar surface area (TPSA) is 74.1 Å². The fraction of sp³-hybridized carbons (Fsp3) is 0.200. The van der Waals surface area contributed by atoms with E-state index >= 15 is 0 Å². The number of benzene rings is 2. The smallest absolute Gasteiger partial charge is 0.418 e. The van der Waals surface area contributed by atoms with Gasteiger partial charge in [-0.05, 0) is 30.2 Å². The van der Waals surface area contributed by atoms with Crippen molar-refractivity contribution in [3.8, 4) is 11.8 Å². The summed E-state index contributed by atoms with van der Waals surface area (Å²) in [6.07, 6.45) is -2.87. The van der Waals surface area contributed by atoms with Crippen LogP contribution in [0.15, 0.2) is 60.3 Å². The van der Waals surface area contributed by atoms with Crippen molar-refractivity contribution in [1.29, 1.82) is 5.26 Å². The largest absolute Gasteiger partial charge is 0.496 e. The first-order valence-corrected chi connectivity index (χ1v) is 8.30. The molecule has 5 nitrogen and oxygen atoms in total. The van der Waals surface area contributed by atoms with E-state index in [1.807, 2.05) is 24.3 Å². The standard InChI is InChI=1S/C20H18F3N3O2/c1-28-18-9-5-2-6-14(18)10-11-25-13-15(12-24)19(27)26-17-8-4-3-7-16(17)20(21,22)23/h2-9,13,25H,10-11H2,1H3,(H,26,27)/b15-13-. The Morgan fingerprint density at radius 1 is 1.18 bits per heavy atom. The van der Waals surface area contributed by atoms with Crippen LogP contribution in [-0.4, -0.2) is 19.6 Å². The highest BCUT2D eigenvalue weighted by atomic mass is 19.4. The molecular formula is C20H18F3N3O2. The van der Waals surface area contributed by atoms with Gasteiger partial charge >= 0.3 is 6.18 Å². The van der Waals surface area contributed by atoms with Crippen molar-refractivity contribution >= 4 is 11.6 Å². The number of methoxy groups -OCH3 is 1. The summed E-state index contributed by atoms with van der Waals surface area (Å²) in [6, 6.07) is 13.7. The number of hydrogen-bond donors (Lipinski definition) is 2. The van der Waals surface area contributed by atoms with Gasteiger partial charge in [0.15, 0.2) is 0 Å². The average Bonchev–Trinajstić information content (AvgIpc) is 2.67. The molecule has 2 N–H and O–H groups in total. The fourth-order valence-corrected chi connectivity index (χ4v) is 2.47. The third-order valence-electron chi connectivity index (χ3n) is 3.82. The molecule has 2 rings (SSSR count). The Morgan fingerprint density at radius 2 is 1.86 bits per heavy atom. The molecule has 0 radical (unpaired) electrons. The van der Waals surface area contributed by atoms with Gasteiger partial charge in [0.05, 0.1) is 18.4 Å². The van der Waals surface area contributed by atoms with E-state index in [0.29, 0.717) is 13.0 Å². The predicted octanol–water partition coefficient (Wildman–Crippen LogP) is 3.89. The number of nitrogens with one attached hydrogen (secondary N) is 2. The molecule has 1 amide bonds. The molecule has 0 heterocycles. The Balaban J connectivity index is 2.01. The minimum Gasteiger partial charge on any atom is -0.496 e. The molecule has 0 fully saturated rings. The monoisotopic (exact) mass is 389 g/mol. The van der Waals surface area contributed by atoms with E-state index in [4.69, 9.17) is 10.00 Å². The number of nitriles is 1. The molecule has 0 spiro atoms. The summed E-state index contributed by atoms with van der Waals surface area (Å²) < 4.78 is 44.2. The molecule has 0 saturated heterocycles. The lowest BCUT2D eigenvalue weighted by molar-refractivity contribution is -0.137. The highest BCUT2D eigenvalue weighted by Crippen LogP contribution is 2.34. The normalized spacial score (nSPS) is 11.5. The van der Waals surface area contributed by atoms with Gasteiger partial charge in [0.1, 0.15) is 17.4 Å². The van der Waals surface area contributed by atoms with Crippen LogP contribution in [0.3, 0.4) is 0 Å². The van der Waals surface area contributed by atoms with Crippen molar-refractivity contribution in [2.75, 3.05) is 19.0 Å². The second-order valence-corrected chi connectivity index (χ2v) is 5.68. The van der Waals surface area contributed by atoms with E-state index in [1.165, 1.54) is 18.3 Å². The molecule has 0 atom stereocenters. The minimum absolute atomic E-state index is 0.336. The maximum Gasteiger partial charge on any atom is 0.418 e.